The third-order valence-corrected chi connectivity index (χ3v) is 0.385. The van der Waals surface area contributed by atoms with E-state index in [-0.39, 0.29) is 29.6 Å². The van der Waals surface area contributed by atoms with E-state index in [0.29, 0.717) is 0 Å². The average molecular weight is 158 g/mol. The van der Waals surface area contributed by atoms with Gasteiger partial charge in [-0.2, -0.15) is 0 Å². The van der Waals surface area contributed by atoms with E-state index in [1.807, 2.05) is 0 Å². The normalized spacial score (nSPS) is 6.90. The van der Waals surface area contributed by atoms with Crippen LogP contribution in [-0.4, -0.2) is 22.4 Å². The van der Waals surface area contributed by atoms with Crippen LogP contribution in [0.1, 0.15) is 0 Å². The van der Waals surface area contributed by atoms with Crippen molar-refractivity contribution in [3.63, 3.8) is 0 Å². The fraction of sp³-hybridized carbons (Fsp3) is 0. The third kappa shape index (κ3) is 7.50. The molecule has 8 heteroatoms. The van der Waals surface area contributed by atoms with Gasteiger partial charge in [-0.15, -0.1) is 0 Å². The Labute approximate surface area is 78.0 Å². The van der Waals surface area contributed by atoms with Crippen molar-refractivity contribution in [1.82, 2.24) is 16.3 Å². The minimum atomic E-state index is -1.42. The summed E-state index contributed by atoms with van der Waals surface area (Å²) in [6.45, 7) is 0. The molecule has 10 heavy (non-hydrogen) atoms. The molecule has 0 fully saturated rings. The number of hydrogen-bond acceptors (Lipinski definition) is 3. The van der Waals surface area contributed by atoms with Gasteiger partial charge in [0, 0.05) is 0 Å². The Morgan fingerprint density at radius 3 is 2.00 bits per heavy atom. The molecule has 0 heterocycles. The first-order valence-corrected chi connectivity index (χ1v) is 1.86. The van der Waals surface area contributed by atoms with Crippen LogP contribution in [0.4, 0.5) is 9.59 Å². The standard InChI is InChI=1S/C2H5N3O4.Na/c6-1(5-9)3-4-2(7)8;/h4,9H,(H,7,8)(H2,3,5,6);/q;+1. The number of carbonyl (C=O) groups is 2. The van der Waals surface area contributed by atoms with Gasteiger partial charge in [0.2, 0.25) is 0 Å². The number of nitrogens with one attached hydrogen (secondary N) is 3. The largest absolute Gasteiger partial charge is 1.00 e. The van der Waals surface area contributed by atoms with Crippen LogP contribution in [0.5, 0.6) is 0 Å². The Bertz CT molecular complexity index is 128. The van der Waals surface area contributed by atoms with Crippen molar-refractivity contribution in [2.24, 2.45) is 0 Å². The van der Waals surface area contributed by atoms with Crippen LogP contribution in [0.25, 0.3) is 0 Å². The molecule has 7 nitrogen and oxygen atoms in total. The summed E-state index contributed by atoms with van der Waals surface area (Å²) in [7, 11) is 0. The maximum Gasteiger partial charge on any atom is 1.00 e. The number of urea groups is 1. The van der Waals surface area contributed by atoms with Crippen LogP contribution >= 0.6 is 0 Å². The van der Waals surface area contributed by atoms with Crippen LogP contribution in [0.3, 0.4) is 0 Å². The van der Waals surface area contributed by atoms with Gasteiger partial charge in [0.15, 0.2) is 0 Å². The second kappa shape index (κ2) is 6.62. The van der Waals surface area contributed by atoms with Gasteiger partial charge in [-0.1, -0.05) is 0 Å². The summed E-state index contributed by atoms with van der Waals surface area (Å²) in [5, 5.41) is 15.6. The predicted octanol–water partition coefficient (Wildman–Crippen LogP) is -4.14. The minimum Gasteiger partial charge on any atom is -0.464 e. The molecule has 3 amide bonds. The van der Waals surface area contributed by atoms with Crippen molar-refractivity contribution in [3.8, 4) is 0 Å². The van der Waals surface area contributed by atoms with Crippen molar-refractivity contribution in [2.75, 3.05) is 0 Å². The number of amides is 3. The van der Waals surface area contributed by atoms with E-state index in [2.05, 4.69) is 0 Å². The molecule has 0 unspecified atom stereocenters. The molecule has 0 rings (SSSR count). The van der Waals surface area contributed by atoms with Gasteiger partial charge in [0.1, 0.15) is 0 Å². The van der Waals surface area contributed by atoms with E-state index in [1.165, 1.54) is 5.43 Å². The molecule has 0 spiro atoms. The van der Waals surface area contributed by atoms with Gasteiger partial charge in [-0.05, 0) is 0 Å². The fourth-order valence-electron chi connectivity index (χ4n) is 0.138. The van der Waals surface area contributed by atoms with Gasteiger partial charge in [0.25, 0.3) is 0 Å². The summed E-state index contributed by atoms with van der Waals surface area (Å²) in [5.41, 5.74) is 4.22. The van der Waals surface area contributed by atoms with Crippen molar-refractivity contribution in [2.45, 2.75) is 0 Å². The first-order chi connectivity index (χ1) is 4.16. The number of hydrogen-bond donors (Lipinski definition) is 5. The Kier molecular flexibility index (Phi) is 8.07. The molecule has 5 N–H and O–H groups in total. The second-order valence-corrected chi connectivity index (χ2v) is 0.996. The summed E-state index contributed by atoms with van der Waals surface area (Å²) in [5.74, 6) is 0. The quantitative estimate of drug-likeness (QED) is 0.140. The minimum absolute atomic E-state index is 0. The number of rotatable bonds is 0. The maximum atomic E-state index is 9.92. The van der Waals surface area contributed by atoms with Gasteiger partial charge < -0.3 is 5.11 Å². The van der Waals surface area contributed by atoms with E-state index in [0.717, 1.165) is 5.48 Å². The summed E-state index contributed by atoms with van der Waals surface area (Å²) < 4.78 is 0. The number of carboxylic acid groups (broad SMARTS) is 1. The van der Waals surface area contributed by atoms with Gasteiger partial charge >= 0.3 is 41.7 Å². The third-order valence-electron chi connectivity index (χ3n) is 0.385. The molecular formula is C2H5N3NaO4+. The molecule has 0 saturated heterocycles. The molecule has 52 valence electrons. The second-order valence-electron chi connectivity index (χ2n) is 0.996. The molecule has 0 aliphatic rings. The maximum absolute atomic E-state index is 9.92. The van der Waals surface area contributed by atoms with E-state index < -0.39 is 12.1 Å². The zero-order valence-corrected chi connectivity index (χ0v) is 7.21. The molecule has 0 aromatic carbocycles. The van der Waals surface area contributed by atoms with Gasteiger partial charge in [-0.25, -0.2) is 25.9 Å². The molecule has 0 aromatic heterocycles. The molecule has 0 aliphatic heterocycles. The van der Waals surface area contributed by atoms with Crippen LogP contribution < -0.4 is 45.9 Å². The molecule has 0 atom stereocenters. The predicted molar refractivity (Wildman–Crippen MR) is 24.6 cm³/mol. The summed E-state index contributed by atoms with van der Waals surface area (Å²) in [6.07, 6.45) is -1.42. The monoisotopic (exact) mass is 158 g/mol. The van der Waals surface area contributed by atoms with E-state index in [9.17, 15) is 9.59 Å². The molecule has 0 saturated carbocycles. The molecule has 0 radical (unpaired) electrons. The summed E-state index contributed by atoms with van der Waals surface area (Å²) in [4.78, 5) is 19.5. The Hall–Kier alpha value is -0.500. The zero-order valence-electron chi connectivity index (χ0n) is 5.21. The first kappa shape index (κ1) is 12.2. The topological polar surface area (TPSA) is 111 Å². The summed E-state index contributed by atoms with van der Waals surface area (Å²) in [6, 6.07) is -1.04. The smallest absolute Gasteiger partial charge is 0.464 e. The van der Waals surface area contributed by atoms with Crippen molar-refractivity contribution in [3.05, 3.63) is 0 Å². The van der Waals surface area contributed by atoms with Crippen molar-refractivity contribution in [1.29, 1.82) is 0 Å². The molecule has 0 aliphatic carbocycles. The molecular weight excluding hydrogens is 153 g/mol. The van der Waals surface area contributed by atoms with Gasteiger partial charge in [-0.3, -0.25) is 5.21 Å². The number of hydrazine groups is 1. The average Bonchev–Trinajstić information content (AvgIpc) is 1.83. The summed E-state index contributed by atoms with van der Waals surface area (Å²) >= 11 is 0. The number of carbonyl (C=O) groups excluding carboxylic acids is 1. The Balaban J connectivity index is 0. The number of hydroxylamine groups is 1. The van der Waals surface area contributed by atoms with Gasteiger partial charge in [0.05, 0.1) is 0 Å². The molecule has 0 bridgehead atoms. The van der Waals surface area contributed by atoms with Crippen molar-refractivity contribution < 1.29 is 49.5 Å². The fourth-order valence-corrected chi connectivity index (χ4v) is 0.138. The van der Waals surface area contributed by atoms with Crippen LogP contribution in [0.15, 0.2) is 0 Å². The first-order valence-electron chi connectivity index (χ1n) is 1.86. The van der Waals surface area contributed by atoms with Crippen LogP contribution in [0.2, 0.25) is 0 Å². The van der Waals surface area contributed by atoms with E-state index in [4.69, 9.17) is 10.3 Å². The van der Waals surface area contributed by atoms with Crippen LogP contribution in [-0.2, 0) is 0 Å². The zero-order chi connectivity index (χ0) is 7.28. The SMILES string of the molecule is O=C(O)NNC(=O)NO.[Na+]. The van der Waals surface area contributed by atoms with Crippen molar-refractivity contribution >= 4 is 12.1 Å². The Morgan fingerprint density at radius 2 is 1.70 bits per heavy atom. The van der Waals surface area contributed by atoms with Crippen LogP contribution in [0, 0.1) is 0 Å². The van der Waals surface area contributed by atoms with E-state index >= 15 is 0 Å². The Morgan fingerprint density at radius 1 is 1.20 bits per heavy atom. The molecule has 0 aromatic rings. The van der Waals surface area contributed by atoms with E-state index in [1.54, 1.807) is 5.43 Å².